The molecule has 1 heterocycles. The first-order valence-electron chi connectivity index (χ1n) is 8.61. The van der Waals surface area contributed by atoms with E-state index in [9.17, 15) is 17.6 Å². The molecular formula is C19H21FN2O4S. The molecule has 1 fully saturated rings. The van der Waals surface area contributed by atoms with Gasteiger partial charge in [-0.1, -0.05) is 18.2 Å². The second kappa shape index (κ2) is 8.06. The first-order chi connectivity index (χ1) is 12.9. The Morgan fingerprint density at radius 2 is 1.96 bits per heavy atom. The normalized spacial score (nSPS) is 18.1. The van der Waals surface area contributed by atoms with Crippen LogP contribution in [0.5, 0.6) is 5.75 Å². The number of para-hydroxylation sites is 1. The molecule has 0 bridgehead atoms. The third-order valence-corrected chi connectivity index (χ3v) is 6.43. The highest BCUT2D eigenvalue weighted by atomic mass is 32.2. The fourth-order valence-corrected chi connectivity index (χ4v) is 4.82. The summed E-state index contributed by atoms with van der Waals surface area (Å²) in [6.07, 6.45) is 1.13. The third kappa shape index (κ3) is 4.28. The second-order valence-corrected chi connectivity index (χ2v) is 8.26. The van der Waals surface area contributed by atoms with Crippen LogP contribution in [0.15, 0.2) is 53.4 Å². The van der Waals surface area contributed by atoms with E-state index in [4.69, 9.17) is 4.74 Å². The minimum Gasteiger partial charge on any atom is -0.495 e. The van der Waals surface area contributed by atoms with E-state index in [-0.39, 0.29) is 29.6 Å². The van der Waals surface area contributed by atoms with Gasteiger partial charge in [0, 0.05) is 18.8 Å². The first kappa shape index (κ1) is 19.3. The number of carbonyl (C=O) groups excluding carboxylic acids is 1. The molecule has 2 aromatic rings. The zero-order valence-electron chi connectivity index (χ0n) is 14.9. The Balaban J connectivity index is 1.79. The number of amides is 1. The van der Waals surface area contributed by atoms with E-state index in [0.717, 1.165) is 12.1 Å². The van der Waals surface area contributed by atoms with Crippen molar-refractivity contribution in [2.24, 2.45) is 5.92 Å². The Labute approximate surface area is 158 Å². The van der Waals surface area contributed by atoms with Crippen molar-refractivity contribution in [2.75, 3.05) is 25.5 Å². The molecule has 0 saturated carbocycles. The summed E-state index contributed by atoms with van der Waals surface area (Å²) in [6, 6.07) is 12.4. The summed E-state index contributed by atoms with van der Waals surface area (Å²) >= 11 is 0. The highest BCUT2D eigenvalue weighted by Crippen LogP contribution is 2.30. The van der Waals surface area contributed by atoms with Crippen LogP contribution in [0, 0.1) is 11.7 Å². The summed E-state index contributed by atoms with van der Waals surface area (Å²) in [5.74, 6) is -1.29. The number of rotatable bonds is 5. The summed E-state index contributed by atoms with van der Waals surface area (Å²) in [5, 5.41) is 2.81. The van der Waals surface area contributed by atoms with Crippen molar-refractivity contribution >= 4 is 21.6 Å². The van der Waals surface area contributed by atoms with Crippen LogP contribution in [0.3, 0.4) is 0 Å². The van der Waals surface area contributed by atoms with E-state index >= 15 is 0 Å². The maximum absolute atomic E-state index is 13.6. The number of benzene rings is 2. The molecule has 1 N–H and O–H groups in total. The van der Waals surface area contributed by atoms with E-state index < -0.39 is 21.8 Å². The third-order valence-electron chi connectivity index (χ3n) is 4.54. The molecule has 1 atom stereocenters. The van der Waals surface area contributed by atoms with Crippen molar-refractivity contribution in [3.8, 4) is 5.75 Å². The molecule has 0 aromatic heterocycles. The van der Waals surface area contributed by atoms with Gasteiger partial charge in [0.2, 0.25) is 15.9 Å². The van der Waals surface area contributed by atoms with Crippen molar-refractivity contribution in [3.63, 3.8) is 0 Å². The Kier molecular flexibility index (Phi) is 5.76. The molecule has 1 amide bonds. The lowest BCUT2D eigenvalue weighted by Gasteiger charge is -2.31. The molecule has 0 aliphatic carbocycles. The highest BCUT2D eigenvalue weighted by molar-refractivity contribution is 7.89. The number of nitrogens with one attached hydrogen (secondary N) is 1. The summed E-state index contributed by atoms with van der Waals surface area (Å²) in [6.45, 7) is 0.317. The van der Waals surface area contributed by atoms with Gasteiger partial charge >= 0.3 is 0 Å². The Bertz CT molecular complexity index is 919. The standard InChI is InChI=1S/C19H21FN2O4S/c1-26-17-10-9-15(20)12-18(17)27(24,25)22-11-5-6-14(13-22)19(23)21-16-7-3-2-4-8-16/h2-4,7-10,12,14H,5-6,11,13H2,1H3,(H,21,23). The summed E-state index contributed by atoms with van der Waals surface area (Å²) in [4.78, 5) is 12.3. The maximum Gasteiger partial charge on any atom is 0.246 e. The average molecular weight is 392 g/mol. The van der Waals surface area contributed by atoms with E-state index in [1.807, 2.05) is 18.2 Å². The largest absolute Gasteiger partial charge is 0.495 e. The van der Waals surface area contributed by atoms with Crippen molar-refractivity contribution < 1.29 is 22.3 Å². The topological polar surface area (TPSA) is 75.7 Å². The quantitative estimate of drug-likeness (QED) is 0.849. The summed E-state index contributed by atoms with van der Waals surface area (Å²) in [7, 11) is -2.65. The highest BCUT2D eigenvalue weighted by Gasteiger charge is 2.35. The predicted octanol–water partition coefficient (Wildman–Crippen LogP) is 2.87. The van der Waals surface area contributed by atoms with E-state index in [1.165, 1.54) is 17.5 Å². The maximum atomic E-state index is 13.6. The van der Waals surface area contributed by atoms with Crippen LogP contribution >= 0.6 is 0 Å². The molecule has 144 valence electrons. The van der Waals surface area contributed by atoms with Crippen LogP contribution in [-0.2, 0) is 14.8 Å². The van der Waals surface area contributed by atoms with Crippen LogP contribution in [0.1, 0.15) is 12.8 Å². The van der Waals surface area contributed by atoms with Gasteiger partial charge in [-0.25, -0.2) is 12.8 Å². The molecule has 1 aliphatic heterocycles. The Morgan fingerprint density at radius 3 is 2.67 bits per heavy atom. The molecule has 6 nitrogen and oxygen atoms in total. The fourth-order valence-electron chi connectivity index (χ4n) is 3.13. The number of anilines is 1. The second-order valence-electron chi connectivity index (χ2n) is 6.35. The van der Waals surface area contributed by atoms with Crippen molar-refractivity contribution in [3.05, 3.63) is 54.3 Å². The molecule has 1 saturated heterocycles. The molecular weight excluding hydrogens is 371 g/mol. The number of hydrogen-bond donors (Lipinski definition) is 1. The molecule has 0 spiro atoms. The predicted molar refractivity (Wildman–Crippen MR) is 99.5 cm³/mol. The van der Waals surface area contributed by atoms with Gasteiger partial charge in [0.15, 0.2) is 0 Å². The Hall–Kier alpha value is -2.45. The summed E-state index contributed by atoms with van der Waals surface area (Å²) < 4.78 is 45.9. The van der Waals surface area contributed by atoms with Gasteiger partial charge in [-0.2, -0.15) is 4.31 Å². The van der Waals surface area contributed by atoms with Crippen molar-refractivity contribution in [1.82, 2.24) is 4.31 Å². The molecule has 2 aromatic carbocycles. The smallest absolute Gasteiger partial charge is 0.246 e. The molecule has 3 rings (SSSR count). The lowest BCUT2D eigenvalue weighted by molar-refractivity contribution is -0.120. The number of methoxy groups -OCH3 is 1. The molecule has 0 radical (unpaired) electrons. The summed E-state index contributed by atoms with van der Waals surface area (Å²) in [5.41, 5.74) is 0.661. The number of nitrogens with zero attached hydrogens (tertiary/aromatic N) is 1. The van der Waals surface area contributed by atoms with Crippen LogP contribution < -0.4 is 10.1 Å². The van der Waals surface area contributed by atoms with Crippen molar-refractivity contribution in [1.29, 1.82) is 0 Å². The average Bonchev–Trinajstić information content (AvgIpc) is 2.69. The number of carbonyl (C=O) groups is 1. The lowest BCUT2D eigenvalue weighted by Crippen LogP contribution is -2.43. The van der Waals surface area contributed by atoms with Gasteiger partial charge < -0.3 is 10.1 Å². The van der Waals surface area contributed by atoms with Crippen LogP contribution in [0.2, 0.25) is 0 Å². The lowest BCUT2D eigenvalue weighted by atomic mass is 9.99. The van der Waals surface area contributed by atoms with E-state index in [0.29, 0.717) is 18.5 Å². The number of sulfonamides is 1. The number of ether oxygens (including phenoxy) is 1. The zero-order chi connectivity index (χ0) is 19.4. The molecule has 1 aliphatic rings. The van der Waals surface area contributed by atoms with Gasteiger partial charge in [-0.05, 0) is 43.2 Å². The first-order valence-corrected chi connectivity index (χ1v) is 10.1. The Morgan fingerprint density at radius 1 is 1.22 bits per heavy atom. The molecule has 1 unspecified atom stereocenters. The van der Waals surface area contributed by atoms with Crippen LogP contribution in [0.4, 0.5) is 10.1 Å². The van der Waals surface area contributed by atoms with Crippen molar-refractivity contribution in [2.45, 2.75) is 17.7 Å². The van der Waals surface area contributed by atoms with Crippen LogP contribution in [-0.4, -0.2) is 38.8 Å². The monoisotopic (exact) mass is 392 g/mol. The zero-order valence-corrected chi connectivity index (χ0v) is 15.7. The fraction of sp³-hybridized carbons (Fsp3) is 0.316. The molecule has 8 heteroatoms. The number of hydrogen-bond acceptors (Lipinski definition) is 4. The van der Waals surface area contributed by atoms with Gasteiger partial charge in [-0.15, -0.1) is 0 Å². The van der Waals surface area contributed by atoms with E-state index in [2.05, 4.69) is 5.32 Å². The number of halogens is 1. The van der Waals surface area contributed by atoms with Gasteiger partial charge in [0.05, 0.1) is 13.0 Å². The van der Waals surface area contributed by atoms with E-state index in [1.54, 1.807) is 12.1 Å². The van der Waals surface area contributed by atoms with Gasteiger partial charge in [0.1, 0.15) is 16.5 Å². The van der Waals surface area contributed by atoms with Crippen LogP contribution in [0.25, 0.3) is 0 Å². The van der Waals surface area contributed by atoms with Gasteiger partial charge in [0.25, 0.3) is 0 Å². The van der Waals surface area contributed by atoms with Gasteiger partial charge in [-0.3, -0.25) is 4.79 Å². The number of piperidine rings is 1. The minimum absolute atomic E-state index is 0.0423. The SMILES string of the molecule is COc1ccc(F)cc1S(=O)(=O)N1CCCC(C(=O)Nc2ccccc2)C1. The minimum atomic E-state index is -3.98. The molecule has 27 heavy (non-hydrogen) atoms.